The molecule has 1 aromatic rings. The van der Waals surface area contributed by atoms with Gasteiger partial charge in [0.15, 0.2) is 0 Å². The van der Waals surface area contributed by atoms with E-state index < -0.39 is 17.3 Å². The fourth-order valence-corrected chi connectivity index (χ4v) is 2.56. The smallest absolute Gasteiger partial charge is 0.419 e. The second-order valence-electron chi connectivity index (χ2n) is 6.03. The van der Waals surface area contributed by atoms with Crippen LogP contribution < -0.4 is 4.74 Å². The van der Waals surface area contributed by atoms with E-state index in [4.69, 9.17) is 4.74 Å². The SMILES string of the molecule is CC1(O)CCN(CCCOc2ccccc2C(F)(F)F)CC1. The van der Waals surface area contributed by atoms with Crippen molar-refractivity contribution in [1.29, 1.82) is 0 Å². The molecule has 0 aromatic heterocycles. The third-order valence-corrected chi connectivity index (χ3v) is 4.00. The fourth-order valence-electron chi connectivity index (χ4n) is 2.56. The highest BCUT2D eigenvalue weighted by atomic mass is 19.4. The van der Waals surface area contributed by atoms with Crippen molar-refractivity contribution in [1.82, 2.24) is 4.90 Å². The number of ether oxygens (including phenoxy) is 1. The van der Waals surface area contributed by atoms with E-state index in [1.165, 1.54) is 18.2 Å². The summed E-state index contributed by atoms with van der Waals surface area (Å²) in [6, 6.07) is 5.27. The molecule has 0 aliphatic carbocycles. The Bertz CT molecular complexity index is 479. The molecule has 22 heavy (non-hydrogen) atoms. The van der Waals surface area contributed by atoms with Gasteiger partial charge in [-0.2, -0.15) is 13.2 Å². The van der Waals surface area contributed by atoms with E-state index in [-0.39, 0.29) is 12.4 Å². The summed E-state index contributed by atoms with van der Waals surface area (Å²) in [5.41, 5.74) is -1.32. The molecular formula is C16H22F3NO2. The molecule has 6 heteroatoms. The Morgan fingerprint density at radius 2 is 1.86 bits per heavy atom. The van der Waals surface area contributed by atoms with Crippen LogP contribution in [0.15, 0.2) is 24.3 Å². The Labute approximate surface area is 128 Å². The standard InChI is InChI=1S/C16H22F3NO2/c1-15(21)7-10-20(11-8-15)9-4-12-22-14-6-3-2-5-13(14)16(17,18)19/h2-3,5-6,21H,4,7-12H2,1H3. The van der Waals surface area contributed by atoms with Gasteiger partial charge in [0.2, 0.25) is 0 Å². The molecule has 0 atom stereocenters. The average Bonchev–Trinajstić information content (AvgIpc) is 2.44. The summed E-state index contributed by atoms with van der Waals surface area (Å²) in [5.74, 6) is -0.114. The first-order valence-corrected chi connectivity index (χ1v) is 7.52. The number of benzene rings is 1. The highest BCUT2D eigenvalue weighted by molar-refractivity contribution is 5.35. The number of hydrogen-bond acceptors (Lipinski definition) is 3. The van der Waals surface area contributed by atoms with E-state index >= 15 is 0 Å². The lowest BCUT2D eigenvalue weighted by Crippen LogP contribution is -2.42. The summed E-state index contributed by atoms with van der Waals surface area (Å²) in [7, 11) is 0. The number of para-hydroxylation sites is 1. The number of piperidine rings is 1. The predicted molar refractivity (Wildman–Crippen MR) is 77.9 cm³/mol. The maximum absolute atomic E-state index is 12.8. The van der Waals surface area contributed by atoms with Crippen LogP contribution in [0, 0.1) is 0 Å². The normalized spacial score (nSPS) is 19.1. The Morgan fingerprint density at radius 1 is 1.23 bits per heavy atom. The Hall–Kier alpha value is -1.27. The van der Waals surface area contributed by atoms with Gasteiger partial charge >= 0.3 is 6.18 Å². The number of halogens is 3. The van der Waals surface area contributed by atoms with Crippen LogP contribution in [0.2, 0.25) is 0 Å². The molecule has 0 radical (unpaired) electrons. The number of rotatable bonds is 5. The number of likely N-dealkylation sites (tertiary alicyclic amines) is 1. The monoisotopic (exact) mass is 317 g/mol. The summed E-state index contributed by atoms with van der Waals surface area (Å²) >= 11 is 0. The lowest BCUT2D eigenvalue weighted by atomic mass is 9.94. The van der Waals surface area contributed by atoms with Gasteiger partial charge in [-0.25, -0.2) is 0 Å². The summed E-state index contributed by atoms with van der Waals surface area (Å²) in [6.07, 6.45) is -2.28. The van der Waals surface area contributed by atoms with Gasteiger partial charge in [0.1, 0.15) is 5.75 Å². The van der Waals surface area contributed by atoms with Gasteiger partial charge in [0.05, 0.1) is 17.8 Å². The zero-order chi connectivity index (χ0) is 16.2. The van der Waals surface area contributed by atoms with Crippen molar-refractivity contribution in [2.24, 2.45) is 0 Å². The van der Waals surface area contributed by atoms with Crippen LogP contribution in [0.5, 0.6) is 5.75 Å². The summed E-state index contributed by atoms with van der Waals surface area (Å²) in [5, 5.41) is 9.86. The summed E-state index contributed by atoms with van der Waals surface area (Å²) in [6.45, 7) is 4.48. The van der Waals surface area contributed by atoms with Crippen molar-refractivity contribution in [2.45, 2.75) is 38.0 Å². The molecule has 0 amide bonds. The summed E-state index contributed by atoms with van der Waals surface area (Å²) in [4.78, 5) is 2.21. The molecule has 1 N–H and O–H groups in total. The molecular weight excluding hydrogens is 295 g/mol. The van der Waals surface area contributed by atoms with Crippen molar-refractivity contribution >= 4 is 0 Å². The molecule has 124 valence electrons. The maximum Gasteiger partial charge on any atom is 0.419 e. The van der Waals surface area contributed by atoms with E-state index in [1.807, 2.05) is 6.92 Å². The van der Waals surface area contributed by atoms with Gasteiger partial charge in [-0.15, -0.1) is 0 Å². The summed E-state index contributed by atoms with van der Waals surface area (Å²) < 4.78 is 43.7. The highest BCUT2D eigenvalue weighted by Crippen LogP contribution is 2.35. The molecule has 2 rings (SSSR count). The third kappa shape index (κ3) is 4.88. The molecule has 1 saturated heterocycles. The quantitative estimate of drug-likeness (QED) is 0.846. The topological polar surface area (TPSA) is 32.7 Å². The van der Waals surface area contributed by atoms with Gasteiger partial charge < -0.3 is 14.7 Å². The van der Waals surface area contributed by atoms with Crippen LogP contribution in [0.25, 0.3) is 0 Å². The second kappa shape index (κ2) is 6.87. The molecule has 0 saturated carbocycles. The van der Waals surface area contributed by atoms with Gasteiger partial charge in [-0.1, -0.05) is 12.1 Å². The number of hydrogen-bond donors (Lipinski definition) is 1. The molecule has 1 heterocycles. The van der Waals surface area contributed by atoms with Crippen LogP contribution >= 0.6 is 0 Å². The first-order valence-electron chi connectivity index (χ1n) is 7.52. The van der Waals surface area contributed by atoms with E-state index in [0.29, 0.717) is 6.42 Å². The van der Waals surface area contributed by atoms with E-state index in [0.717, 1.165) is 38.5 Å². The van der Waals surface area contributed by atoms with Gasteiger partial charge in [-0.05, 0) is 38.3 Å². The van der Waals surface area contributed by atoms with Crippen molar-refractivity contribution in [3.05, 3.63) is 29.8 Å². The Balaban J connectivity index is 1.76. The molecule has 1 aliphatic heterocycles. The molecule has 1 aliphatic rings. The molecule has 0 bridgehead atoms. The largest absolute Gasteiger partial charge is 0.493 e. The minimum absolute atomic E-state index is 0.114. The lowest BCUT2D eigenvalue weighted by Gasteiger charge is -2.35. The number of alkyl halides is 3. The van der Waals surface area contributed by atoms with Crippen molar-refractivity contribution in [2.75, 3.05) is 26.2 Å². The van der Waals surface area contributed by atoms with Crippen LogP contribution in [-0.2, 0) is 6.18 Å². The van der Waals surface area contributed by atoms with Crippen LogP contribution in [0.4, 0.5) is 13.2 Å². The van der Waals surface area contributed by atoms with Crippen molar-refractivity contribution < 1.29 is 23.0 Å². The van der Waals surface area contributed by atoms with E-state index in [9.17, 15) is 18.3 Å². The Morgan fingerprint density at radius 3 is 2.50 bits per heavy atom. The first-order chi connectivity index (χ1) is 10.3. The highest BCUT2D eigenvalue weighted by Gasteiger charge is 2.34. The molecule has 0 spiro atoms. The van der Waals surface area contributed by atoms with Crippen molar-refractivity contribution in [3.8, 4) is 5.75 Å². The van der Waals surface area contributed by atoms with Crippen LogP contribution in [0.1, 0.15) is 31.7 Å². The van der Waals surface area contributed by atoms with E-state index in [1.54, 1.807) is 0 Å². The molecule has 1 aromatic carbocycles. The lowest BCUT2D eigenvalue weighted by molar-refractivity contribution is -0.138. The minimum atomic E-state index is -4.39. The van der Waals surface area contributed by atoms with Crippen LogP contribution in [-0.4, -0.2) is 41.8 Å². The average molecular weight is 317 g/mol. The number of aliphatic hydroxyl groups is 1. The third-order valence-electron chi connectivity index (χ3n) is 4.00. The molecule has 0 unspecified atom stereocenters. The zero-order valence-corrected chi connectivity index (χ0v) is 12.7. The maximum atomic E-state index is 12.8. The van der Waals surface area contributed by atoms with E-state index in [2.05, 4.69) is 4.90 Å². The fraction of sp³-hybridized carbons (Fsp3) is 0.625. The number of nitrogens with zero attached hydrogens (tertiary/aromatic N) is 1. The molecule has 1 fully saturated rings. The predicted octanol–water partition coefficient (Wildman–Crippen LogP) is 3.32. The van der Waals surface area contributed by atoms with Crippen molar-refractivity contribution in [3.63, 3.8) is 0 Å². The first kappa shape index (κ1) is 17.1. The zero-order valence-electron chi connectivity index (χ0n) is 12.7. The van der Waals surface area contributed by atoms with Gasteiger partial charge in [0.25, 0.3) is 0 Å². The van der Waals surface area contributed by atoms with Gasteiger partial charge in [-0.3, -0.25) is 0 Å². The van der Waals surface area contributed by atoms with Crippen LogP contribution in [0.3, 0.4) is 0 Å². The van der Waals surface area contributed by atoms with Gasteiger partial charge in [0, 0.05) is 19.6 Å². The Kier molecular flexibility index (Phi) is 5.34. The second-order valence-corrected chi connectivity index (χ2v) is 6.03. The molecule has 3 nitrogen and oxygen atoms in total. The minimum Gasteiger partial charge on any atom is -0.493 e.